The van der Waals surface area contributed by atoms with Crippen LogP contribution in [0.4, 0.5) is 24.5 Å². The van der Waals surface area contributed by atoms with Crippen molar-refractivity contribution < 1.29 is 22.8 Å². The minimum absolute atomic E-state index is 0.148. The molecule has 2 fully saturated rings. The zero-order valence-corrected chi connectivity index (χ0v) is 19.0. The van der Waals surface area contributed by atoms with Gasteiger partial charge in [0.1, 0.15) is 0 Å². The van der Waals surface area contributed by atoms with Crippen LogP contribution in [-0.4, -0.2) is 72.3 Å². The van der Waals surface area contributed by atoms with Gasteiger partial charge in [-0.3, -0.25) is 14.5 Å². The molecular formula is C25H29F3N4O2. The number of nitrogens with one attached hydrogen (secondary N) is 1. The van der Waals surface area contributed by atoms with Gasteiger partial charge in [0, 0.05) is 45.0 Å². The van der Waals surface area contributed by atoms with Crippen LogP contribution >= 0.6 is 0 Å². The number of amides is 2. The fourth-order valence-electron chi connectivity index (χ4n) is 4.42. The Hall–Kier alpha value is -3.07. The predicted octanol–water partition coefficient (Wildman–Crippen LogP) is 4.22. The molecule has 0 aliphatic carbocycles. The fourth-order valence-corrected chi connectivity index (χ4v) is 4.42. The van der Waals surface area contributed by atoms with Gasteiger partial charge in [-0.2, -0.15) is 13.2 Å². The first-order valence-corrected chi connectivity index (χ1v) is 11.6. The van der Waals surface area contributed by atoms with Crippen LogP contribution in [0, 0.1) is 0 Å². The summed E-state index contributed by atoms with van der Waals surface area (Å²) >= 11 is 0. The first-order valence-electron chi connectivity index (χ1n) is 11.6. The van der Waals surface area contributed by atoms with Crippen molar-refractivity contribution in [2.75, 3.05) is 51.1 Å². The third kappa shape index (κ3) is 5.88. The summed E-state index contributed by atoms with van der Waals surface area (Å²) in [5, 5.41) is 2.97. The summed E-state index contributed by atoms with van der Waals surface area (Å²) in [6.45, 7) is 4.21. The van der Waals surface area contributed by atoms with E-state index in [2.05, 4.69) is 10.2 Å². The molecule has 0 unspecified atom stereocenters. The Labute approximate surface area is 197 Å². The van der Waals surface area contributed by atoms with E-state index in [0.717, 1.165) is 38.1 Å². The highest BCUT2D eigenvalue weighted by Crippen LogP contribution is 2.32. The van der Waals surface area contributed by atoms with E-state index in [1.54, 1.807) is 29.2 Å². The molecule has 34 heavy (non-hydrogen) atoms. The average Bonchev–Trinajstić information content (AvgIpc) is 2.85. The summed E-state index contributed by atoms with van der Waals surface area (Å²) in [7, 11) is 0. The van der Waals surface area contributed by atoms with Gasteiger partial charge in [-0.05, 0) is 49.6 Å². The Morgan fingerprint density at radius 3 is 2.24 bits per heavy atom. The number of likely N-dealkylation sites (tertiary alicyclic amines) is 1. The lowest BCUT2D eigenvalue weighted by molar-refractivity contribution is -0.137. The van der Waals surface area contributed by atoms with Crippen LogP contribution < -0.4 is 5.32 Å². The van der Waals surface area contributed by atoms with E-state index in [4.69, 9.17) is 0 Å². The molecular weight excluding hydrogens is 445 g/mol. The molecule has 2 aromatic carbocycles. The standard InChI is InChI=1S/C25H29F3N4O2/c26-25(27,28)19-7-6-8-20(17-19)29-22-10-3-2-9-21(22)24(34)32-15-13-30(14-16-32)18-23(33)31-11-4-1-5-12-31/h2-3,6-10,17,29H,1,4-5,11-16,18H2. The van der Waals surface area contributed by atoms with Crippen LogP contribution in [0.3, 0.4) is 0 Å². The van der Waals surface area contributed by atoms with Crippen molar-refractivity contribution in [1.29, 1.82) is 0 Å². The number of halogens is 3. The Kier molecular flexibility index (Phi) is 7.41. The average molecular weight is 475 g/mol. The lowest BCUT2D eigenvalue weighted by atomic mass is 10.1. The van der Waals surface area contributed by atoms with Crippen molar-refractivity contribution in [2.45, 2.75) is 25.4 Å². The van der Waals surface area contributed by atoms with Crippen molar-refractivity contribution in [2.24, 2.45) is 0 Å². The molecule has 2 aliphatic heterocycles. The topological polar surface area (TPSA) is 55.9 Å². The van der Waals surface area contributed by atoms with Crippen molar-refractivity contribution in [3.8, 4) is 0 Å². The minimum Gasteiger partial charge on any atom is -0.355 e. The van der Waals surface area contributed by atoms with Gasteiger partial charge in [-0.15, -0.1) is 0 Å². The number of alkyl halides is 3. The van der Waals surface area contributed by atoms with E-state index in [-0.39, 0.29) is 17.5 Å². The van der Waals surface area contributed by atoms with Crippen molar-refractivity contribution in [3.05, 3.63) is 59.7 Å². The third-order valence-corrected chi connectivity index (χ3v) is 6.35. The minimum atomic E-state index is -4.44. The number of hydrogen-bond donors (Lipinski definition) is 1. The highest BCUT2D eigenvalue weighted by Gasteiger charge is 2.31. The maximum atomic E-state index is 13.2. The monoisotopic (exact) mass is 474 g/mol. The Morgan fingerprint density at radius 1 is 0.824 bits per heavy atom. The molecule has 2 saturated heterocycles. The number of carbonyl (C=O) groups excluding carboxylic acids is 2. The van der Waals surface area contributed by atoms with Crippen molar-refractivity contribution in [3.63, 3.8) is 0 Å². The second-order valence-corrected chi connectivity index (χ2v) is 8.76. The summed E-state index contributed by atoms with van der Waals surface area (Å²) in [6.07, 6.45) is -1.15. The first kappa shape index (κ1) is 24.1. The Morgan fingerprint density at radius 2 is 1.53 bits per heavy atom. The summed E-state index contributed by atoms with van der Waals surface area (Å²) < 4.78 is 39.2. The number of piperidine rings is 1. The molecule has 1 N–H and O–H groups in total. The van der Waals surface area contributed by atoms with Gasteiger partial charge in [0.05, 0.1) is 23.4 Å². The number of hydrogen-bond acceptors (Lipinski definition) is 4. The van der Waals surface area contributed by atoms with Gasteiger partial charge in [-0.25, -0.2) is 0 Å². The van der Waals surface area contributed by atoms with E-state index in [1.807, 2.05) is 4.90 Å². The van der Waals surface area contributed by atoms with E-state index < -0.39 is 11.7 Å². The zero-order valence-electron chi connectivity index (χ0n) is 19.0. The molecule has 2 aliphatic rings. The van der Waals surface area contributed by atoms with Gasteiger partial charge in [0.25, 0.3) is 5.91 Å². The van der Waals surface area contributed by atoms with Gasteiger partial charge >= 0.3 is 6.18 Å². The van der Waals surface area contributed by atoms with Crippen LogP contribution in [-0.2, 0) is 11.0 Å². The van der Waals surface area contributed by atoms with Crippen LogP contribution in [0.15, 0.2) is 48.5 Å². The lowest BCUT2D eigenvalue weighted by Crippen LogP contribution is -2.52. The Bertz CT molecular complexity index is 1010. The second-order valence-electron chi connectivity index (χ2n) is 8.76. The maximum absolute atomic E-state index is 13.2. The van der Waals surface area contributed by atoms with Gasteiger partial charge < -0.3 is 15.1 Å². The summed E-state index contributed by atoms with van der Waals surface area (Å²) in [5.41, 5.74) is 0.361. The molecule has 0 atom stereocenters. The summed E-state index contributed by atoms with van der Waals surface area (Å²) in [4.78, 5) is 31.5. The molecule has 9 heteroatoms. The maximum Gasteiger partial charge on any atom is 0.416 e. The SMILES string of the molecule is O=C(CN1CCN(C(=O)c2ccccc2Nc2cccc(C(F)(F)F)c2)CC1)N1CCCCC1. The number of rotatable bonds is 5. The molecule has 6 nitrogen and oxygen atoms in total. The third-order valence-electron chi connectivity index (χ3n) is 6.35. The van der Waals surface area contributed by atoms with E-state index >= 15 is 0 Å². The van der Waals surface area contributed by atoms with Crippen LogP contribution in [0.2, 0.25) is 0 Å². The van der Waals surface area contributed by atoms with Gasteiger partial charge in [-0.1, -0.05) is 18.2 Å². The predicted molar refractivity (Wildman–Crippen MR) is 124 cm³/mol. The molecule has 2 aromatic rings. The number of nitrogens with zero attached hydrogens (tertiary/aromatic N) is 3. The second kappa shape index (κ2) is 10.5. The summed E-state index contributed by atoms with van der Waals surface area (Å²) in [5.74, 6) is -0.0350. The number of piperazine rings is 1. The van der Waals surface area contributed by atoms with Crippen molar-refractivity contribution in [1.82, 2.24) is 14.7 Å². The Balaban J connectivity index is 1.37. The normalized spacial score (nSPS) is 17.5. The number of benzene rings is 2. The van der Waals surface area contributed by atoms with Crippen LogP contribution in [0.1, 0.15) is 35.2 Å². The molecule has 182 valence electrons. The molecule has 0 saturated carbocycles. The largest absolute Gasteiger partial charge is 0.416 e. The number of para-hydroxylation sites is 1. The smallest absolute Gasteiger partial charge is 0.355 e. The van der Waals surface area contributed by atoms with E-state index in [9.17, 15) is 22.8 Å². The molecule has 0 spiro atoms. The lowest BCUT2D eigenvalue weighted by Gasteiger charge is -2.36. The molecule has 2 heterocycles. The first-order chi connectivity index (χ1) is 16.3. The van der Waals surface area contributed by atoms with E-state index in [0.29, 0.717) is 44.0 Å². The van der Waals surface area contributed by atoms with Crippen LogP contribution in [0.5, 0.6) is 0 Å². The molecule has 2 amide bonds. The van der Waals surface area contributed by atoms with Crippen LogP contribution in [0.25, 0.3) is 0 Å². The van der Waals surface area contributed by atoms with Gasteiger partial charge in [0.15, 0.2) is 0 Å². The quantitative estimate of drug-likeness (QED) is 0.705. The highest BCUT2D eigenvalue weighted by atomic mass is 19.4. The molecule has 0 aromatic heterocycles. The van der Waals surface area contributed by atoms with Crippen molar-refractivity contribution >= 4 is 23.2 Å². The highest BCUT2D eigenvalue weighted by molar-refractivity contribution is 6.00. The zero-order chi connectivity index (χ0) is 24.1. The number of carbonyl (C=O) groups is 2. The molecule has 0 radical (unpaired) electrons. The molecule has 0 bridgehead atoms. The number of anilines is 2. The van der Waals surface area contributed by atoms with Gasteiger partial charge in [0.2, 0.25) is 5.91 Å². The summed E-state index contributed by atoms with van der Waals surface area (Å²) in [6, 6.07) is 11.7. The molecule has 4 rings (SSSR count). The fraction of sp³-hybridized carbons (Fsp3) is 0.440. The van der Waals surface area contributed by atoms with E-state index in [1.165, 1.54) is 18.6 Å².